The van der Waals surface area contributed by atoms with Gasteiger partial charge in [-0.05, 0) is 27.7 Å². The van der Waals surface area contributed by atoms with Crippen LogP contribution >= 0.6 is 0 Å². The van der Waals surface area contributed by atoms with Crippen LogP contribution in [0.5, 0.6) is 0 Å². The lowest BCUT2D eigenvalue weighted by atomic mass is 9.94. The number of morpholine rings is 1. The maximum absolute atomic E-state index is 12.0. The lowest BCUT2D eigenvalue weighted by Gasteiger charge is -2.50. The Labute approximate surface area is 102 Å². The highest BCUT2D eigenvalue weighted by Crippen LogP contribution is 2.26. The number of rotatable bonds is 0. The minimum Gasteiger partial charge on any atom is -0.444 e. The molecular weight excluding hydrogens is 220 g/mol. The van der Waals surface area contributed by atoms with E-state index < -0.39 is 5.60 Å². The number of carbonyl (C=O) groups excluding carboxylic acids is 1. The first-order chi connectivity index (χ1) is 7.80. The molecule has 17 heavy (non-hydrogen) atoms. The summed E-state index contributed by atoms with van der Waals surface area (Å²) < 4.78 is 11.3. The van der Waals surface area contributed by atoms with Crippen LogP contribution in [0.4, 0.5) is 4.79 Å². The van der Waals surface area contributed by atoms with Crippen molar-refractivity contribution in [2.45, 2.75) is 45.0 Å². The number of amides is 1. The van der Waals surface area contributed by atoms with E-state index >= 15 is 0 Å². The third-order valence-corrected chi connectivity index (χ3v) is 2.95. The lowest BCUT2D eigenvalue weighted by Crippen LogP contribution is -2.71. The summed E-state index contributed by atoms with van der Waals surface area (Å²) >= 11 is 0. The molecule has 1 spiro atoms. The largest absolute Gasteiger partial charge is 0.444 e. The van der Waals surface area contributed by atoms with Gasteiger partial charge in [0, 0.05) is 13.1 Å². The summed E-state index contributed by atoms with van der Waals surface area (Å²) in [4.78, 5) is 13.8. The van der Waals surface area contributed by atoms with Gasteiger partial charge in [0.05, 0.1) is 19.2 Å². The Hall–Kier alpha value is -0.810. The second-order valence-electron chi connectivity index (χ2n) is 6.08. The van der Waals surface area contributed by atoms with Crippen molar-refractivity contribution in [1.82, 2.24) is 10.2 Å². The minimum absolute atomic E-state index is 0.0679. The van der Waals surface area contributed by atoms with E-state index in [-0.39, 0.29) is 17.8 Å². The van der Waals surface area contributed by atoms with E-state index in [1.54, 1.807) is 4.90 Å². The quantitative estimate of drug-likeness (QED) is 0.688. The molecule has 0 unspecified atom stereocenters. The molecule has 1 amide bonds. The summed E-state index contributed by atoms with van der Waals surface area (Å²) in [6.45, 7) is 10.5. The molecule has 98 valence electrons. The van der Waals surface area contributed by atoms with Crippen molar-refractivity contribution in [3.63, 3.8) is 0 Å². The van der Waals surface area contributed by atoms with Crippen LogP contribution in [0, 0.1) is 0 Å². The van der Waals surface area contributed by atoms with Crippen LogP contribution in [0.2, 0.25) is 0 Å². The number of carbonyl (C=O) groups is 1. The molecule has 5 heteroatoms. The van der Waals surface area contributed by atoms with Crippen LogP contribution in [0.25, 0.3) is 0 Å². The highest BCUT2D eigenvalue weighted by atomic mass is 16.6. The molecule has 5 nitrogen and oxygen atoms in total. The van der Waals surface area contributed by atoms with E-state index in [0.717, 1.165) is 13.1 Å². The minimum atomic E-state index is -0.441. The molecule has 0 aromatic carbocycles. The highest BCUT2D eigenvalue weighted by molar-refractivity contribution is 5.68. The van der Waals surface area contributed by atoms with E-state index in [2.05, 4.69) is 5.32 Å². The molecule has 0 bridgehead atoms. The van der Waals surface area contributed by atoms with Gasteiger partial charge in [-0.15, -0.1) is 0 Å². The number of hydrogen-bond donors (Lipinski definition) is 1. The molecule has 1 N–H and O–H groups in total. The monoisotopic (exact) mass is 242 g/mol. The maximum Gasteiger partial charge on any atom is 0.410 e. The van der Waals surface area contributed by atoms with Crippen LogP contribution in [0.3, 0.4) is 0 Å². The van der Waals surface area contributed by atoms with Crippen LogP contribution in [0.15, 0.2) is 0 Å². The SMILES string of the molecule is C[C@H]1CN(C(=O)OC(C)(C)C)CC2(CNC2)O1. The van der Waals surface area contributed by atoms with Crippen LogP contribution < -0.4 is 5.32 Å². The number of ether oxygens (including phenoxy) is 2. The zero-order valence-electron chi connectivity index (χ0n) is 11.1. The molecule has 0 saturated carbocycles. The van der Waals surface area contributed by atoms with Gasteiger partial charge in [0.1, 0.15) is 11.2 Å². The lowest BCUT2D eigenvalue weighted by molar-refractivity contribution is -0.167. The standard InChI is InChI=1S/C12H22N2O3/c1-9-5-14(10(15)17-11(2,3)4)8-12(16-9)6-13-7-12/h9,13H,5-8H2,1-4H3/t9-/m0/s1. The fourth-order valence-electron chi connectivity index (χ4n) is 2.29. The zero-order chi connectivity index (χ0) is 12.7. The van der Waals surface area contributed by atoms with Gasteiger partial charge in [-0.1, -0.05) is 0 Å². The first-order valence-corrected chi connectivity index (χ1v) is 6.16. The average Bonchev–Trinajstić information content (AvgIpc) is 2.11. The third kappa shape index (κ3) is 2.90. The molecule has 0 aromatic rings. The molecular formula is C12H22N2O3. The second kappa shape index (κ2) is 4.14. The van der Waals surface area contributed by atoms with Gasteiger partial charge >= 0.3 is 6.09 Å². The normalized spacial score (nSPS) is 27.8. The van der Waals surface area contributed by atoms with Gasteiger partial charge in [0.2, 0.25) is 0 Å². The van der Waals surface area contributed by atoms with Crippen molar-refractivity contribution in [3.05, 3.63) is 0 Å². The fourth-order valence-corrected chi connectivity index (χ4v) is 2.29. The smallest absolute Gasteiger partial charge is 0.410 e. The summed E-state index contributed by atoms with van der Waals surface area (Å²) in [7, 11) is 0. The predicted octanol–water partition coefficient (Wildman–Crippen LogP) is 0.984. The molecule has 2 aliphatic rings. The Morgan fingerprint density at radius 2 is 2.12 bits per heavy atom. The Bertz CT molecular complexity index is 307. The van der Waals surface area contributed by atoms with Gasteiger partial charge in [0.25, 0.3) is 0 Å². The summed E-state index contributed by atoms with van der Waals surface area (Å²) in [6, 6.07) is 0. The van der Waals surface area contributed by atoms with Crippen molar-refractivity contribution in [2.75, 3.05) is 26.2 Å². The van der Waals surface area contributed by atoms with Crippen molar-refractivity contribution in [1.29, 1.82) is 0 Å². The van der Waals surface area contributed by atoms with Crippen molar-refractivity contribution in [3.8, 4) is 0 Å². The van der Waals surface area contributed by atoms with Crippen molar-refractivity contribution < 1.29 is 14.3 Å². The maximum atomic E-state index is 12.0. The number of nitrogens with zero attached hydrogens (tertiary/aromatic N) is 1. The van der Waals surface area contributed by atoms with E-state index in [4.69, 9.17) is 9.47 Å². The zero-order valence-corrected chi connectivity index (χ0v) is 11.1. The number of nitrogens with one attached hydrogen (secondary N) is 1. The Balaban J connectivity index is 1.98. The van der Waals surface area contributed by atoms with E-state index in [1.165, 1.54) is 0 Å². The van der Waals surface area contributed by atoms with Crippen LogP contribution in [-0.2, 0) is 9.47 Å². The van der Waals surface area contributed by atoms with Gasteiger partial charge in [-0.3, -0.25) is 0 Å². The van der Waals surface area contributed by atoms with Crippen molar-refractivity contribution >= 4 is 6.09 Å². The topological polar surface area (TPSA) is 50.8 Å². The van der Waals surface area contributed by atoms with Crippen molar-refractivity contribution in [2.24, 2.45) is 0 Å². The molecule has 2 aliphatic heterocycles. The molecule has 2 saturated heterocycles. The second-order valence-corrected chi connectivity index (χ2v) is 6.08. The van der Waals surface area contributed by atoms with Gasteiger partial charge in [-0.25, -0.2) is 4.79 Å². The molecule has 0 aromatic heterocycles. The van der Waals surface area contributed by atoms with Gasteiger partial charge in [-0.2, -0.15) is 0 Å². The molecule has 2 rings (SSSR count). The molecule has 2 heterocycles. The highest BCUT2D eigenvalue weighted by Gasteiger charge is 2.46. The third-order valence-electron chi connectivity index (χ3n) is 2.95. The average molecular weight is 242 g/mol. The molecule has 1 atom stereocenters. The summed E-state index contributed by atoms with van der Waals surface area (Å²) in [5.74, 6) is 0. The molecule has 2 fully saturated rings. The van der Waals surface area contributed by atoms with Crippen LogP contribution in [-0.4, -0.2) is 54.5 Å². The summed E-state index contributed by atoms with van der Waals surface area (Å²) in [6.07, 6.45) is -0.169. The summed E-state index contributed by atoms with van der Waals surface area (Å²) in [5, 5.41) is 3.20. The Kier molecular flexibility index (Phi) is 3.08. The first kappa shape index (κ1) is 12.6. The Morgan fingerprint density at radius 3 is 2.59 bits per heavy atom. The van der Waals surface area contributed by atoms with E-state index in [1.807, 2.05) is 27.7 Å². The first-order valence-electron chi connectivity index (χ1n) is 6.16. The van der Waals surface area contributed by atoms with Gasteiger partial charge in [0.15, 0.2) is 0 Å². The molecule has 0 aliphatic carbocycles. The van der Waals surface area contributed by atoms with E-state index in [9.17, 15) is 4.79 Å². The fraction of sp³-hybridized carbons (Fsp3) is 0.917. The van der Waals surface area contributed by atoms with Crippen LogP contribution in [0.1, 0.15) is 27.7 Å². The Morgan fingerprint density at radius 1 is 1.47 bits per heavy atom. The predicted molar refractivity (Wildman–Crippen MR) is 64.0 cm³/mol. The van der Waals surface area contributed by atoms with E-state index in [0.29, 0.717) is 13.1 Å². The summed E-state index contributed by atoms with van der Waals surface area (Å²) in [5.41, 5.74) is -0.627. The number of hydrogen-bond acceptors (Lipinski definition) is 4. The molecule has 0 radical (unpaired) electrons. The van der Waals surface area contributed by atoms with Gasteiger partial charge < -0.3 is 19.7 Å².